The molecule has 0 heterocycles. The van der Waals surface area contributed by atoms with Crippen LogP contribution in [0.5, 0.6) is 0 Å². The van der Waals surface area contributed by atoms with E-state index in [4.69, 9.17) is 0 Å². The van der Waals surface area contributed by atoms with Gasteiger partial charge < -0.3 is 5.32 Å². The van der Waals surface area contributed by atoms with E-state index in [1.54, 1.807) is 6.92 Å². The lowest BCUT2D eigenvalue weighted by molar-refractivity contribution is -0.173. The number of benzene rings is 1. The molecule has 0 bridgehead atoms. The van der Waals surface area contributed by atoms with Crippen LogP contribution in [-0.4, -0.2) is 18.6 Å². The third-order valence-electron chi connectivity index (χ3n) is 2.47. The zero-order valence-corrected chi connectivity index (χ0v) is 9.64. The lowest BCUT2D eigenvalue weighted by Gasteiger charge is -2.14. The first kappa shape index (κ1) is 13.5. The second-order valence-electron chi connectivity index (χ2n) is 4.02. The summed E-state index contributed by atoms with van der Waals surface area (Å²) in [5, 5.41) is 1.87. The normalized spacial score (nSPS) is 13.2. The van der Waals surface area contributed by atoms with Gasteiger partial charge in [-0.15, -0.1) is 0 Å². The van der Waals surface area contributed by atoms with Crippen LogP contribution < -0.4 is 5.32 Å². The Morgan fingerprint density at radius 1 is 1.29 bits per heavy atom. The molecule has 0 spiro atoms. The molecule has 0 unspecified atom stereocenters. The largest absolute Gasteiger partial charge is 0.471 e. The van der Waals surface area contributed by atoms with Gasteiger partial charge in [-0.2, -0.15) is 13.2 Å². The molecule has 0 aliphatic carbocycles. The summed E-state index contributed by atoms with van der Waals surface area (Å²) in [7, 11) is 0. The monoisotopic (exact) mass is 245 g/mol. The molecule has 94 valence electrons. The molecule has 0 saturated heterocycles. The van der Waals surface area contributed by atoms with E-state index in [0.29, 0.717) is 0 Å². The minimum Gasteiger partial charge on any atom is -0.348 e. The van der Waals surface area contributed by atoms with Gasteiger partial charge in [0.25, 0.3) is 0 Å². The van der Waals surface area contributed by atoms with Crippen molar-refractivity contribution in [1.29, 1.82) is 0 Å². The topological polar surface area (TPSA) is 29.1 Å². The minimum absolute atomic E-state index is 0.0264. The molecule has 17 heavy (non-hydrogen) atoms. The number of alkyl halides is 3. The highest BCUT2D eigenvalue weighted by atomic mass is 19.4. The first-order valence-electron chi connectivity index (χ1n) is 5.22. The number of amides is 1. The van der Waals surface area contributed by atoms with E-state index in [9.17, 15) is 18.0 Å². The van der Waals surface area contributed by atoms with Crippen molar-refractivity contribution in [3.05, 3.63) is 35.4 Å². The van der Waals surface area contributed by atoms with Crippen LogP contribution in [0.2, 0.25) is 0 Å². The van der Waals surface area contributed by atoms with Crippen LogP contribution in [-0.2, 0) is 4.79 Å². The van der Waals surface area contributed by atoms with Gasteiger partial charge in [-0.25, -0.2) is 0 Å². The molecule has 1 aromatic carbocycles. The number of nitrogens with one attached hydrogen (secondary N) is 1. The van der Waals surface area contributed by atoms with E-state index in [-0.39, 0.29) is 12.5 Å². The Hall–Kier alpha value is -1.52. The second kappa shape index (κ2) is 5.21. The van der Waals surface area contributed by atoms with Gasteiger partial charge in [-0.05, 0) is 18.4 Å². The van der Waals surface area contributed by atoms with Gasteiger partial charge in [0.2, 0.25) is 0 Å². The molecule has 0 aliphatic rings. The SMILES string of the molecule is Cc1ccc([C@@H](C)CNC(=O)C(F)(F)F)cc1. The predicted molar refractivity (Wildman–Crippen MR) is 58.7 cm³/mol. The number of carbonyl (C=O) groups excluding carboxylic acids is 1. The molecule has 1 amide bonds. The van der Waals surface area contributed by atoms with Crippen molar-refractivity contribution in [2.75, 3.05) is 6.54 Å². The minimum atomic E-state index is -4.81. The number of halogens is 3. The highest BCUT2D eigenvalue weighted by molar-refractivity contribution is 5.81. The van der Waals surface area contributed by atoms with E-state index >= 15 is 0 Å². The lowest BCUT2D eigenvalue weighted by Crippen LogP contribution is -2.38. The van der Waals surface area contributed by atoms with Crippen molar-refractivity contribution < 1.29 is 18.0 Å². The average molecular weight is 245 g/mol. The van der Waals surface area contributed by atoms with Crippen molar-refractivity contribution in [2.45, 2.75) is 25.9 Å². The maximum absolute atomic E-state index is 11.9. The molecule has 0 aromatic heterocycles. The molecule has 0 fully saturated rings. The van der Waals surface area contributed by atoms with Crippen LogP contribution in [0.3, 0.4) is 0 Å². The van der Waals surface area contributed by atoms with E-state index < -0.39 is 12.1 Å². The molecular weight excluding hydrogens is 231 g/mol. The maximum Gasteiger partial charge on any atom is 0.471 e. The van der Waals surface area contributed by atoms with E-state index in [0.717, 1.165) is 11.1 Å². The van der Waals surface area contributed by atoms with Crippen molar-refractivity contribution in [3.8, 4) is 0 Å². The molecule has 1 aromatic rings. The Bertz CT molecular complexity index is 384. The van der Waals surface area contributed by atoms with Gasteiger partial charge in [0.1, 0.15) is 0 Å². The third-order valence-corrected chi connectivity index (χ3v) is 2.47. The summed E-state index contributed by atoms with van der Waals surface area (Å²) in [5.41, 5.74) is 1.98. The van der Waals surface area contributed by atoms with Crippen LogP contribution in [0.15, 0.2) is 24.3 Å². The summed E-state index contributed by atoms with van der Waals surface area (Å²) in [5.74, 6) is -2.04. The van der Waals surface area contributed by atoms with Crippen LogP contribution in [0.25, 0.3) is 0 Å². The second-order valence-corrected chi connectivity index (χ2v) is 4.02. The Kier molecular flexibility index (Phi) is 4.15. The Balaban J connectivity index is 2.53. The molecule has 1 N–H and O–H groups in total. The van der Waals surface area contributed by atoms with Crippen LogP contribution in [0, 0.1) is 6.92 Å². The van der Waals surface area contributed by atoms with Gasteiger partial charge in [0, 0.05) is 6.54 Å². The molecule has 0 saturated carbocycles. The average Bonchev–Trinajstić information content (AvgIpc) is 2.25. The molecule has 2 nitrogen and oxygen atoms in total. The van der Waals surface area contributed by atoms with Crippen molar-refractivity contribution >= 4 is 5.91 Å². The Labute approximate surface area is 97.8 Å². The van der Waals surface area contributed by atoms with Gasteiger partial charge in [-0.1, -0.05) is 36.8 Å². The summed E-state index contributed by atoms with van der Waals surface area (Å²) in [6.07, 6.45) is -4.81. The summed E-state index contributed by atoms with van der Waals surface area (Å²) in [6, 6.07) is 7.47. The fourth-order valence-electron chi connectivity index (χ4n) is 1.36. The van der Waals surface area contributed by atoms with Gasteiger partial charge >= 0.3 is 12.1 Å². The predicted octanol–water partition coefficient (Wildman–Crippen LogP) is 2.78. The van der Waals surface area contributed by atoms with Gasteiger partial charge in [0.15, 0.2) is 0 Å². The lowest BCUT2D eigenvalue weighted by atomic mass is 10.00. The van der Waals surface area contributed by atoms with Crippen molar-refractivity contribution in [3.63, 3.8) is 0 Å². The number of aryl methyl sites for hydroxylation is 1. The maximum atomic E-state index is 11.9. The summed E-state index contributed by atoms with van der Waals surface area (Å²) >= 11 is 0. The number of hydrogen-bond donors (Lipinski definition) is 1. The van der Waals surface area contributed by atoms with Gasteiger partial charge in [-0.3, -0.25) is 4.79 Å². The summed E-state index contributed by atoms with van der Waals surface area (Å²) < 4.78 is 35.8. The quantitative estimate of drug-likeness (QED) is 0.871. The fourth-order valence-corrected chi connectivity index (χ4v) is 1.36. The molecule has 1 rings (SSSR count). The Morgan fingerprint density at radius 3 is 2.29 bits per heavy atom. The molecular formula is C12H14F3NO. The highest BCUT2D eigenvalue weighted by Gasteiger charge is 2.38. The molecule has 5 heteroatoms. The summed E-state index contributed by atoms with van der Waals surface area (Å²) in [6.45, 7) is 3.67. The number of hydrogen-bond acceptors (Lipinski definition) is 1. The van der Waals surface area contributed by atoms with Crippen LogP contribution in [0.4, 0.5) is 13.2 Å². The molecule has 1 atom stereocenters. The van der Waals surface area contributed by atoms with Gasteiger partial charge in [0.05, 0.1) is 0 Å². The first-order valence-corrected chi connectivity index (χ1v) is 5.22. The van der Waals surface area contributed by atoms with Crippen molar-refractivity contribution in [1.82, 2.24) is 5.32 Å². The first-order chi connectivity index (χ1) is 7.80. The summed E-state index contributed by atoms with van der Waals surface area (Å²) in [4.78, 5) is 10.6. The van der Waals surface area contributed by atoms with Crippen LogP contribution >= 0.6 is 0 Å². The van der Waals surface area contributed by atoms with E-state index in [2.05, 4.69) is 0 Å². The van der Waals surface area contributed by atoms with E-state index in [1.165, 1.54) is 0 Å². The zero-order chi connectivity index (χ0) is 13.1. The van der Waals surface area contributed by atoms with Crippen LogP contribution in [0.1, 0.15) is 24.0 Å². The number of rotatable bonds is 3. The molecule has 0 radical (unpaired) electrons. The smallest absolute Gasteiger partial charge is 0.348 e. The standard InChI is InChI=1S/C12H14F3NO/c1-8-3-5-10(6-4-8)9(2)7-16-11(17)12(13,14)15/h3-6,9H,7H2,1-2H3,(H,16,17)/t9-/m0/s1. The number of carbonyl (C=O) groups is 1. The van der Waals surface area contributed by atoms with Crippen molar-refractivity contribution in [2.24, 2.45) is 0 Å². The fraction of sp³-hybridized carbons (Fsp3) is 0.417. The Morgan fingerprint density at radius 2 is 1.82 bits per heavy atom. The molecule has 0 aliphatic heterocycles. The zero-order valence-electron chi connectivity index (χ0n) is 9.64. The van der Waals surface area contributed by atoms with E-state index in [1.807, 2.05) is 36.5 Å². The highest BCUT2D eigenvalue weighted by Crippen LogP contribution is 2.17. The third kappa shape index (κ3) is 4.09.